The van der Waals surface area contributed by atoms with Gasteiger partial charge in [0.15, 0.2) is 11.7 Å². The minimum atomic E-state index is -1.07. The van der Waals surface area contributed by atoms with E-state index >= 15 is 0 Å². The van der Waals surface area contributed by atoms with Gasteiger partial charge in [0.1, 0.15) is 12.1 Å². The van der Waals surface area contributed by atoms with Gasteiger partial charge >= 0.3 is 0 Å². The van der Waals surface area contributed by atoms with E-state index in [0.29, 0.717) is 24.1 Å². The van der Waals surface area contributed by atoms with Crippen LogP contribution in [0.2, 0.25) is 0 Å². The quantitative estimate of drug-likeness (QED) is 0.0630. The van der Waals surface area contributed by atoms with Gasteiger partial charge in [0, 0.05) is 30.4 Å². The normalized spacial score (nSPS) is 13.9. The molecule has 0 fully saturated rings. The van der Waals surface area contributed by atoms with Gasteiger partial charge in [-0.05, 0) is 32.1 Å². The van der Waals surface area contributed by atoms with Crippen molar-refractivity contribution in [3.8, 4) is 0 Å². The summed E-state index contributed by atoms with van der Waals surface area (Å²) < 4.78 is 0. The number of nitrogens with zero attached hydrogens (tertiary/aromatic N) is 2. The highest BCUT2D eigenvalue weighted by Gasteiger charge is 2.30. The fourth-order valence-electron chi connectivity index (χ4n) is 4.00. The molecule has 13 heteroatoms. The van der Waals surface area contributed by atoms with Crippen LogP contribution >= 0.6 is 0 Å². The van der Waals surface area contributed by atoms with Crippen LogP contribution in [0.1, 0.15) is 56.1 Å². The number of aromatic nitrogens is 2. The van der Waals surface area contributed by atoms with E-state index < -0.39 is 41.9 Å². The summed E-state index contributed by atoms with van der Waals surface area (Å²) in [5.41, 5.74) is 17.8. The van der Waals surface area contributed by atoms with E-state index in [4.69, 9.17) is 17.2 Å². The Morgan fingerprint density at radius 3 is 2.20 bits per heavy atom. The minimum absolute atomic E-state index is 0.0748. The number of ketones is 1. The van der Waals surface area contributed by atoms with Crippen molar-refractivity contribution in [1.82, 2.24) is 25.9 Å². The van der Waals surface area contributed by atoms with Gasteiger partial charge in [-0.3, -0.25) is 24.2 Å². The van der Waals surface area contributed by atoms with Crippen LogP contribution in [0.25, 0.3) is 0 Å². The Labute approximate surface area is 234 Å². The Morgan fingerprint density at radius 1 is 0.950 bits per heavy atom. The summed E-state index contributed by atoms with van der Waals surface area (Å²) in [5.74, 6) is -1.81. The second-order valence-corrected chi connectivity index (χ2v) is 10.0. The number of aliphatic imine (C=N–C) groups is 1. The molecule has 3 amide bonds. The second-order valence-electron chi connectivity index (χ2n) is 10.0. The molecule has 0 unspecified atom stereocenters. The summed E-state index contributed by atoms with van der Waals surface area (Å²) in [4.78, 5) is 63.1. The van der Waals surface area contributed by atoms with Crippen LogP contribution in [0.15, 0.2) is 47.8 Å². The van der Waals surface area contributed by atoms with Crippen molar-refractivity contribution in [2.75, 3.05) is 6.54 Å². The van der Waals surface area contributed by atoms with Crippen molar-refractivity contribution in [2.45, 2.75) is 70.6 Å². The Kier molecular flexibility index (Phi) is 12.8. The fraction of sp³-hybridized carbons (Fsp3) is 0.481. The lowest BCUT2D eigenvalue weighted by molar-refractivity contribution is -0.132. The molecular formula is C27H41N9O4. The summed E-state index contributed by atoms with van der Waals surface area (Å²) in [6.07, 6.45) is 4.08. The lowest BCUT2D eigenvalue weighted by atomic mass is 10.0. The SMILES string of the molecule is CC(C)C[C@H](N)C(=O)N[C@@H](CCCN=C(N)N)C(=O)N[C@@H](Cc1cnc[nH]1)C(=O)N[C@@H](C)C(=O)c1ccccc1. The Balaban J connectivity index is 2.18. The highest BCUT2D eigenvalue weighted by atomic mass is 16.2. The van der Waals surface area contributed by atoms with Gasteiger partial charge in [0.2, 0.25) is 17.7 Å². The number of hydrogen-bond acceptors (Lipinski definition) is 7. The lowest BCUT2D eigenvalue weighted by Gasteiger charge is -2.25. The van der Waals surface area contributed by atoms with Crippen LogP contribution in [-0.2, 0) is 20.8 Å². The molecule has 1 aromatic carbocycles. The average Bonchev–Trinajstić information content (AvgIpc) is 3.42. The molecule has 1 heterocycles. The molecule has 4 atom stereocenters. The number of aromatic amines is 1. The number of H-pyrrole nitrogens is 1. The van der Waals surface area contributed by atoms with Gasteiger partial charge in [0.25, 0.3) is 0 Å². The first-order valence-corrected chi connectivity index (χ1v) is 13.3. The maximum atomic E-state index is 13.4. The van der Waals surface area contributed by atoms with Gasteiger partial charge in [0.05, 0.1) is 18.4 Å². The van der Waals surface area contributed by atoms with Crippen molar-refractivity contribution in [3.63, 3.8) is 0 Å². The van der Waals surface area contributed by atoms with E-state index in [0.717, 1.165) is 0 Å². The van der Waals surface area contributed by atoms with Crippen LogP contribution in [-0.4, -0.2) is 70.1 Å². The van der Waals surface area contributed by atoms with E-state index in [1.165, 1.54) is 12.5 Å². The van der Waals surface area contributed by atoms with Crippen LogP contribution < -0.4 is 33.2 Å². The topological polar surface area (TPSA) is 223 Å². The van der Waals surface area contributed by atoms with E-state index in [1.807, 2.05) is 13.8 Å². The van der Waals surface area contributed by atoms with E-state index in [1.54, 1.807) is 37.3 Å². The van der Waals surface area contributed by atoms with E-state index in [2.05, 4.69) is 30.9 Å². The number of carbonyl (C=O) groups excluding carboxylic acids is 4. The first-order valence-electron chi connectivity index (χ1n) is 13.3. The Morgan fingerprint density at radius 2 is 1.60 bits per heavy atom. The zero-order valence-electron chi connectivity index (χ0n) is 23.2. The third-order valence-corrected chi connectivity index (χ3v) is 6.06. The van der Waals surface area contributed by atoms with Crippen LogP contribution in [0.5, 0.6) is 0 Å². The summed E-state index contributed by atoms with van der Waals surface area (Å²) in [6, 6.07) is 4.86. The average molecular weight is 556 g/mol. The molecule has 2 rings (SSSR count). The number of guanidine groups is 1. The number of benzene rings is 1. The fourth-order valence-corrected chi connectivity index (χ4v) is 4.00. The Bertz CT molecular complexity index is 1130. The van der Waals surface area contributed by atoms with Crippen molar-refractivity contribution >= 4 is 29.5 Å². The highest BCUT2D eigenvalue weighted by Crippen LogP contribution is 2.08. The van der Waals surface area contributed by atoms with Crippen LogP contribution in [0, 0.1) is 5.92 Å². The molecule has 2 aromatic rings. The molecular weight excluding hydrogens is 514 g/mol. The number of hydrogen-bond donors (Lipinski definition) is 7. The number of imidazole rings is 1. The largest absolute Gasteiger partial charge is 0.370 e. The molecule has 0 radical (unpaired) electrons. The van der Waals surface area contributed by atoms with Gasteiger partial charge in [-0.2, -0.15) is 0 Å². The molecule has 218 valence electrons. The molecule has 10 N–H and O–H groups in total. The van der Waals surface area contributed by atoms with E-state index in [-0.39, 0.29) is 37.0 Å². The molecule has 40 heavy (non-hydrogen) atoms. The van der Waals surface area contributed by atoms with Crippen LogP contribution in [0.3, 0.4) is 0 Å². The van der Waals surface area contributed by atoms with Crippen molar-refractivity contribution in [2.24, 2.45) is 28.1 Å². The maximum absolute atomic E-state index is 13.4. The van der Waals surface area contributed by atoms with Gasteiger partial charge in [-0.15, -0.1) is 0 Å². The monoisotopic (exact) mass is 555 g/mol. The Hall–Kier alpha value is -4.26. The smallest absolute Gasteiger partial charge is 0.243 e. The number of rotatable bonds is 16. The predicted molar refractivity (Wildman–Crippen MR) is 152 cm³/mol. The molecule has 0 saturated heterocycles. The second kappa shape index (κ2) is 16.0. The van der Waals surface area contributed by atoms with Crippen LogP contribution in [0.4, 0.5) is 0 Å². The molecule has 13 nitrogen and oxygen atoms in total. The predicted octanol–water partition coefficient (Wildman–Crippen LogP) is -0.264. The van der Waals surface area contributed by atoms with E-state index in [9.17, 15) is 19.2 Å². The van der Waals surface area contributed by atoms with Crippen molar-refractivity contribution in [3.05, 3.63) is 54.1 Å². The summed E-state index contributed by atoms with van der Waals surface area (Å²) in [6.45, 7) is 5.70. The summed E-state index contributed by atoms with van der Waals surface area (Å²) in [7, 11) is 0. The number of nitrogens with two attached hydrogens (primary N) is 3. The molecule has 0 aliphatic heterocycles. The standard InChI is InChI=1S/C27H41N9O4/c1-16(2)12-20(28)24(38)35-21(10-7-11-32-27(29)30)25(39)36-22(13-19-14-31-15-33-19)26(40)34-17(3)23(37)18-8-5-4-6-9-18/h4-6,8-9,14-17,20-22H,7,10-13,28H2,1-3H3,(H,31,33)(H,34,40)(H,35,38)(H,36,39)(H4,29,30,32)/t17-,20-,21-,22-/m0/s1. The summed E-state index contributed by atoms with van der Waals surface area (Å²) >= 11 is 0. The van der Waals surface area contributed by atoms with Gasteiger partial charge in [-0.1, -0.05) is 44.2 Å². The molecule has 0 saturated carbocycles. The lowest BCUT2D eigenvalue weighted by Crippen LogP contribution is -2.57. The summed E-state index contributed by atoms with van der Waals surface area (Å²) in [5, 5.41) is 8.11. The third kappa shape index (κ3) is 10.8. The first kappa shape index (κ1) is 32.0. The number of Topliss-reactive ketones (excluding diaryl/α,β-unsaturated/α-hetero) is 1. The zero-order chi connectivity index (χ0) is 29.7. The zero-order valence-corrected chi connectivity index (χ0v) is 23.2. The molecule has 0 spiro atoms. The molecule has 0 aliphatic rings. The third-order valence-electron chi connectivity index (χ3n) is 6.06. The molecule has 1 aromatic heterocycles. The maximum Gasteiger partial charge on any atom is 0.243 e. The number of amides is 3. The minimum Gasteiger partial charge on any atom is -0.370 e. The number of carbonyl (C=O) groups is 4. The first-order chi connectivity index (χ1) is 19.0. The highest BCUT2D eigenvalue weighted by molar-refractivity contribution is 6.02. The molecule has 0 aliphatic carbocycles. The molecule has 0 bridgehead atoms. The van der Waals surface area contributed by atoms with Gasteiger partial charge in [-0.25, -0.2) is 4.98 Å². The van der Waals surface area contributed by atoms with Crippen molar-refractivity contribution in [1.29, 1.82) is 0 Å². The van der Waals surface area contributed by atoms with Crippen molar-refractivity contribution < 1.29 is 19.2 Å². The number of nitrogens with one attached hydrogen (secondary N) is 4. The van der Waals surface area contributed by atoms with Gasteiger partial charge < -0.3 is 38.1 Å².